The van der Waals surface area contributed by atoms with E-state index in [0.29, 0.717) is 31.2 Å². The quantitative estimate of drug-likeness (QED) is 0.498. The average Bonchev–Trinajstić information content (AvgIpc) is 3.43. The van der Waals surface area contributed by atoms with Crippen LogP contribution in [0.2, 0.25) is 0 Å². The fourth-order valence-corrected chi connectivity index (χ4v) is 3.70. The summed E-state index contributed by atoms with van der Waals surface area (Å²) < 4.78 is 15.5. The highest BCUT2D eigenvalue weighted by Crippen LogP contribution is 2.24. The summed E-state index contributed by atoms with van der Waals surface area (Å²) in [7, 11) is 0. The van der Waals surface area contributed by atoms with Gasteiger partial charge in [-0.25, -0.2) is 19.3 Å². The van der Waals surface area contributed by atoms with Crippen LogP contribution in [0, 0.1) is 6.92 Å². The molecule has 0 saturated carbocycles. The van der Waals surface area contributed by atoms with E-state index in [1.807, 2.05) is 52.9 Å². The topological polar surface area (TPSA) is 84.7 Å². The maximum absolute atomic E-state index is 13.5. The Morgan fingerprint density at radius 2 is 1.94 bits per heavy atom. The van der Waals surface area contributed by atoms with E-state index in [2.05, 4.69) is 30.2 Å². The van der Waals surface area contributed by atoms with Crippen molar-refractivity contribution >= 4 is 17.3 Å². The maximum atomic E-state index is 13.5. The van der Waals surface area contributed by atoms with E-state index < -0.39 is 6.17 Å². The van der Waals surface area contributed by atoms with Gasteiger partial charge in [-0.3, -0.25) is 9.97 Å². The van der Waals surface area contributed by atoms with Crippen molar-refractivity contribution < 1.29 is 4.39 Å². The highest BCUT2D eigenvalue weighted by molar-refractivity contribution is 5.60. The van der Waals surface area contributed by atoms with Crippen molar-refractivity contribution in [1.82, 2.24) is 29.5 Å². The van der Waals surface area contributed by atoms with Crippen LogP contribution in [0.4, 0.5) is 21.7 Å². The predicted octanol–water partition coefficient (Wildman–Crippen LogP) is 3.78. The summed E-state index contributed by atoms with van der Waals surface area (Å²) in [5, 5.41) is 3.19. The zero-order chi connectivity index (χ0) is 21.9. The fourth-order valence-electron chi connectivity index (χ4n) is 3.70. The monoisotopic (exact) mass is 430 g/mol. The van der Waals surface area contributed by atoms with Crippen molar-refractivity contribution in [1.29, 1.82) is 0 Å². The summed E-state index contributed by atoms with van der Waals surface area (Å²) in [6, 6.07) is 9.59. The van der Waals surface area contributed by atoms with Crippen LogP contribution in [0.5, 0.6) is 0 Å². The SMILES string of the molecule is Cc1nccn1Cc1ccc(Nc2nccc(-c3ccc(N4CC[C@H](F)C4)cn3)n2)cn1. The number of pyridine rings is 2. The van der Waals surface area contributed by atoms with E-state index in [9.17, 15) is 4.39 Å². The van der Waals surface area contributed by atoms with E-state index >= 15 is 0 Å². The Hall–Kier alpha value is -3.88. The Morgan fingerprint density at radius 1 is 1.00 bits per heavy atom. The molecule has 1 aliphatic rings. The van der Waals surface area contributed by atoms with Gasteiger partial charge in [0.25, 0.3) is 0 Å². The van der Waals surface area contributed by atoms with Crippen molar-refractivity contribution in [3.63, 3.8) is 0 Å². The van der Waals surface area contributed by atoms with Crippen LogP contribution in [0.25, 0.3) is 11.4 Å². The first-order valence-corrected chi connectivity index (χ1v) is 10.5. The van der Waals surface area contributed by atoms with Gasteiger partial charge in [-0.1, -0.05) is 0 Å². The Labute approximate surface area is 185 Å². The molecule has 0 amide bonds. The lowest BCUT2D eigenvalue weighted by Crippen LogP contribution is -2.19. The summed E-state index contributed by atoms with van der Waals surface area (Å²) in [5.74, 6) is 1.42. The zero-order valence-electron chi connectivity index (χ0n) is 17.7. The van der Waals surface area contributed by atoms with Gasteiger partial charge in [-0.2, -0.15) is 0 Å². The van der Waals surface area contributed by atoms with Crippen LogP contribution < -0.4 is 10.2 Å². The molecule has 9 heteroatoms. The summed E-state index contributed by atoms with van der Waals surface area (Å²) in [6.07, 6.45) is 8.76. The van der Waals surface area contributed by atoms with Gasteiger partial charge in [0.2, 0.25) is 5.95 Å². The van der Waals surface area contributed by atoms with Crippen LogP contribution in [-0.2, 0) is 6.54 Å². The molecule has 1 aliphatic heterocycles. The normalized spacial score (nSPS) is 15.8. The molecule has 1 N–H and O–H groups in total. The number of hydrogen-bond donors (Lipinski definition) is 1. The van der Waals surface area contributed by atoms with Crippen LogP contribution in [0.1, 0.15) is 17.9 Å². The Kier molecular flexibility index (Phi) is 5.45. The van der Waals surface area contributed by atoms with Crippen molar-refractivity contribution in [3.05, 3.63) is 72.8 Å². The third kappa shape index (κ3) is 4.41. The van der Waals surface area contributed by atoms with Crippen molar-refractivity contribution in [2.75, 3.05) is 23.3 Å². The van der Waals surface area contributed by atoms with Gasteiger partial charge in [0.1, 0.15) is 12.0 Å². The summed E-state index contributed by atoms with van der Waals surface area (Å²) in [4.78, 5) is 24.2. The Bertz CT molecular complexity index is 1190. The summed E-state index contributed by atoms with van der Waals surface area (Å²) >= 11 is 0. The summed E-state index contributed by atoms with van der Waals surface area (Å²) in [6.45, 7) is 3.79. The van der Waals surface area contributed by atoms with Gasteiger partial charge in [0, 0.05) is 31.7 Å². The lowest BCUT2D eigenvalue weighted by Gasteiger charge is -2.17. The number of anilines is 3. The average molecular weight is 430 g/mol. The number of alkyl halides is 1. The highest BCUT2D eigenvalue weighted by atomic mass is 19.1. The minimum absolute atomic E-state index is 0.428. The molecule has 0 aliphatic carbocycles. The molecular weight excluding hydrogens is 407 g/mol. The van der Waals surface area contributed by atoms with Crippen LogP contribution in [0.3, 0.4) is 0 Å². The first-order chi connectivity index (χ1) is 15.6. The number of aromatic nitrogens is 6. The number of rotatable bonds is 6. The number of aryl methyl sites for hydroxylation is 1. The van der Waals surface area contributed by atoms with Crippen molar-refractivity contribution in [2.45, 2.75) is 26.1 Å². The second-order valence-corrected chi connectivity index (χ2v) is 7.76. The molecule has 8 nitrogen and oxygen atoms in total. The van der Waals surface area contributed by atoms with Crippen LogP contribution in [0.15, 0.2) is 61.3 Å². The van der Waals surface area contributed by atoms with Gasteiger partial charge in [-0.15, -0.1) is 0 Å². The molecule has 32 heavy (non-hydrogen) atoms. The Morgan fingerprint density at radius 3 is 2.62 bits per heavy atom. The first kappa shape index (κ1) is 20.0. The van der Waals surface area contributed by atoms with Gasteiger partial charge in [0.05, 0.1) is 47.4 Å². The number of imidazole rings is 1. The number of nitrogens with one attached hydrogen (secondary N) is 1. The van der Waals surface area contributed by atoms with Gasteiger partial charge < -0.3 is 14.8 Å². The molecule has 4 aromatic heterocycles. The summed E-state index contributed by atoms with van der Waals surface area (Å²) in [5.41, 5.74) is 4.11. The second kappa shape index (κ2) is 8.70. The molecule has 1 saturated heterocycles. The molecule has 0 unspecified atom stereocenters. The second-order valence-electron chi connectivity index (χ2n) is 7.76. The predicted molar refractivity (Wildman–Crippen MR) is 121 cm³/mol. The third-order valence-electron chi connectivity index (χ3n) is 5.50. The van der Waals surface area contributed by atoms with E-state index in [4.69, 9.17) is 0 Å². The van der Waals surface area contributed by atoms with E-state index in [1.165, 1.54) is 0 Å². The number of halogens is 1. The van der Waals surface area contributed by atoms with Gasteiger partial charge >= 0.3 is 0 Å². The van der Waals surface area contributed by atoms with E-state index in [-0.39, 0.29) is 0 Å². The molecule has 5 heterocycles. The molecule has 162 valence electrons. The minimum atomic E-state index is -0.760. The minimum Gasteiger partial charge on any atom is -0.367 e. The number of hydrogen-bond acceptors (Lipinski definition) is 7. The lowest BCUT2D eigenvalue weighted by atomic mass is 10.2. The highest BCUT2D eigenvalue weighted by Gasteiger charge is 2.22. The molecule has 0 bridgehead atoms. The molecular formula is C23H23FN8. The molecule has 0 radical (unpaired) electrons. The molecule has 1 fully saturated rings. The van der Waals surface area contributed by atoms with E-state index in [1.54, 1.807) is 24.8 Å². The van der Waals surface area contributed by atoms with E-state index in [0.717, 1.165) is 35.1 Å². The third-order valence-corrected chi connectivity index (χ3v) is 5.50. The van der Waals surface area contributed by atoms with Crippen LogP contribution >= 0.6 is 0 Å². The maximum Gasteiger partial charge on any atom is 0.227 e. The molecule has 0 aromatic carbocycles. The number of nitrogens with zero attached hydrogens (tertiary/aromatic N) is 7. The Balaban J connectivity index is 1.26. The molecule has 4 aromatic rings. The van der Waals surface area contributed by atoms with Gasteiger partial charge in [0.15, 0.2) is 0 Å². The first-order valence-electron chi connectivity index (χ1n) is 10.5. The smallest absolute Gasteiger partial charge is 0.227 e. The van der Waals surface area contributed by atoms with Crippen molar-refractivity contribution in [2.24, 2.45) is 0 Å². The standard InChI is InChI=1S/C23H23FN8/c1-16-25-9-11-31(16)15-19-3-2-18(12-27-19)29-23-26-8-6-22(30-23)21-5-4-20(13-28-21)32-10-7-17(24)14-32/h2-6,8-9,11-13,17H,7,10,14-15H2,1H3,(H,26,29,30)/t17-/m0/s1. The van der Waals surface area contributed by atoms with Crippen LogP contribution in [-0.4, -0.2) is 48.7 Å². The molecule has 1 atom stereocenters. The van der Waals surface area contributed by atoms with Gasteiger partial charge in [-0.05, 0) is 43.7 Å². The largest absolute Gasteiger partial charge is 0.367 e. The molecule has 0 spiro atoms. The molecule has 5 rings (SSSR count). The lowest BCUT2D eigenvalue weighted by molar-refractivity contribution is 0.364. The van der Waals surface area contributed by atoms with Crippen molar-refractivity contribution in [3.8, 4) is 11.4 Å². The fraction of sp³-hybridized carbons (Fsp3) is 0.261. The zero-order valence-corrected chi connectivity index (χ0v) is 17.7.